The monoisotopic (exact) mass is 482 g/mol. The van der Waals surface area contributed by atoms with Crippen LogP contribution in [-0.4, -0.2) is 9.97 Å². The van der Waals surface area contributed by atoms with E-state index in [1.807, 2.05) is 12.3 Å². The van der Waals surface area contributed by atoms with Crippen LogP contribution in [0, 0.1) is 6.92 Å². The first-order chi connectivity index (χ1) is 10.5. The smallest absolute Gasteiger partial charge is 0.0411 e. The first-order valence-corrected chi connectivity index (χ1v) is 8.86. The van der Waals surface area contributed by atoms with Crippen molar-refractivity contribution in [3.8, 4) is 11.1 Å². The second-order valence-electron chi connectivity index (χ2n) is 4.58. The maximum Gasteiger partial charge on any atom is 0.0411 e. The van der Waals surface area contributed by atoms with Gasteiger partial charge in [0.2, 0.25) is 0 Å². The first-order valence-electron chi connectivity index (χ1n) is 6.48. The summed E-state index contributed by atoms with van der Waals surface area (Å²) in [6.07, 6.45) is 7.15. The van der Waals surface area contributed by atoms with E-state index in [2.05, 4.69) is 95.0 Å². The van der Waals surface area contributed by atoms with Crippen LogP contribution in [0.2, 0.25) is 0 Å². The van der Waals surface area contributed by atoms with Gasteiger partial charge < -0.3 is 0 Å². The minimum absolute atomic E-state index is 0.992. The van der Waals surface area contributed by atoms with Crippen molar-refractivity contribution in [3.05, 3.63) is 80.2 Å². The Morgan fingerprint density at radius 3 is 1.77 bits per heavy atom. The zero-order chi connectivity index (χ0) is 15.9. The summed E-state index contributed by atoms with van der Waals surface area (Å²) >= 11 is 9.95. The van der Waals surface area contributed by atoms with Crippen LogP contribution in [0.15, 0.2) is 74.6 Å². The Balaban J connectivity index is 0.000000188. The highest BCUT2D eigenvalue weighted by Crippen LogP contribution is 2.22. The zero-order valence-corrected chi connectivity index (χ0v) is 16.6. The molecule has 0 saturated heterocycles. The van der Waals surface area contributed by atoms with Crippen molar-refractivity contribution >= 4 is 47.8 Å². The largest absolute Gasteiger partial charge is 0.263 e. The zero-order valence-electron chi connectivity index (χ0n) is 11.8. The Morgan fingerprint density at radius 1 is 0.682 bits per heavy atom. The Bertz CT molecular complexity index is 699. The number of hydrogen-bond acceptors (Lipinski definition) is 2. The highest BCUT2D eigenvalue weighted by molar-refractivity contribution is 9.11. The first kappa shape index (κ1) is 17.3. The Morgan fingerprint density at radius 2 is 1.27 bits per heavy atom. The lowest BCUT2D eigenvalue weighted by Gasteiger charge is -2.02. The van der Waals surface area contributed by atoms with Crippen LogP contribution in [0.5, 0.6) is 0 Å². The fourth-order valence-electron chi connectivity index (χ4n) is 1.78. The molecule has 0 amide bonds. The van der Waals surface area contributed by atoms with Crippen LogP contribution in [0.3, 0.4) is 0 Å². The van der Waals surface area contributed by atoms with Gasteiger partial charge in [-0.05, 0) is 72.4 Å². The molecule has 5 heteroatoms. The standard InChI is InChI=1S/C12H10BrN.C5H3Br2N/c1-9-3-2-4-10(5-9)11-6-12(13)8-14-7-11;6-4-1-5(7)3-8-2-4/h2-8H,1H3;1-3H. The Kier molecular flexibility index (Phi) is 6.73. The molecular formula is C17H13Br3N2. The molecule has 0 aliphatic heterocycles. The molecule has 1 aromatic carbocycles. The van der Waals surface area contributed by atoms with E-state index in [1.165, 1.54) is 11.1 Å². The van der Waals surface area contributed by atoms with Crippen molar-refractivity contribution in [1.82, 2.24) is 9.97 Å². The molecule has 0 N–H and O–H groups in total. The van der Waals surface area contributed by atoms with Crippen molar-refractivity contribution in [2.45, 2.75) is 6.92 Å². The van der Waals surface area contributed by atoms with Crippen molar-refractivity contribution in [2.24, 2.45) is 0 Å². The summed E-state index contributed by atoms with van der Waals surface area (Å²) in [6, 6.07) is 12.4. The summed E-state index contributed by atoms with van der Waals surface area (Å²) < 4.78 is 3.00. The fourth-order valence-corrected chi connectivity index (χ4v) is 3.18. The molecule has 0 atom stereocenters. The number of hydrogen-bond donors (Lipinski definition) is 0. The van der Waals surface area contributed by atoms with Gasteiger partial charge in [0, 0.05) is 43.8 Å². The molecule has 0 saturated carbocycles. The minimum atomic E-state index is 0.992. The third-order valence-corrected chi connectivity index (χ3v) is 4.03. The van der Waals surface area contributed by atoms with Gasteiger partial charge in [-0.15, -0.1) is 0 Å². The molecule has 0 spiro atoms. The topological polar surface area (TPSA) is 25.8 Å². The molecule has 0 fully saturated rings. The van der Waals surface area contributed by atoms with E-state index in [0.29, 0.717) is 0 Å². The number of pyridine rings is 2. The summed E-state index contributed by atoms with van der Waals surface area (Å²) in [6.45, 7) is 2.09. The van der Waals surface area contributed by atoms with Crippen LogP contribution in [0.4, 0.5) is 0 Å². The fraction of sp³-hybridized carbons (Fsp3) is 0.0588. The van der Waals surface area contributed by atoms with Crippen LogP contribution in [-0.2, 0) is 0 Å². The van der Waals surface area contributed by atoms with E-state index in [0.717, 1.165) is 19.0 Å². The quantitative estimate of drug-likeness (QED) is 0.398. The molecule has 0 radical (unpaired) electrons. The summed E-state index contributed by atoms with van der Waals surface area (Å²) in [7, 11) is 0. The van der Waals surface area contributed by atoms with E-state index >= 15 is 0 Å². The number of nitrogens with zero attached hydrogens (tertiary/aromatic N) is 2. The second kappa shape index (κ2) is 8.56. The third-order valence-electron chi connectivity index (χ3n) is 2.73. The Hall–Kier alpha value is -1.04. The molecule has 112 valence electrons. The molecule has 0 unspecified atom stereocenters. The summed E-state index contributed by atoms with van der Waals surface area (Å²) in [4.78, 5) is 8.03. The number of benzene rings is 1. The number of halogens is 3. The lowest BCUT2D eigenvalue weighted by molar-refractivity contribution is 1.29. The predicted molar refractivity (Wildman–Crippen MR) is 102 cm³/mol. The summed E-state index contributed by atoms with van der Waals surface area (Å²) in [5, 5.41) is 0. The van der Waals surface area contributed by atoms with E-state index in [-0.39, 0.29) is 0 Å². The highest BCUT2D eigenvalue weighted by atomic mass is 79.9. The molecule has 2 aromatic heterocycles. The summed E-state index contributed by atoms with van der Waals surface area (Å²) in [5.74, 6) is 0. The molecule has 3 rings (SSSR count). The van der Waals surface area contributed by atoms with Gasteiger partial charge in [0.05, 0.1) is 0 Å². The van der Waals surface area contributed by atoms with Gasteiger partial charge >= 0.3 is 0 Å². The number of aromatic nitrogens is 2. The lowest BCUT2D eigenvalue weighted by Crippen LogP contribution is -1.81. The van der Waals surface area contributed by atoms with Crippen molar-refractivity contribution in [1.29, 1.82) is 0 Å². The third kappa shape index (κ3) is 5.63. The SMILES string of the molecule is Brc1cncc(Br)c1.Cc1cccc(-c2cncc(Br)c2)c1. The van der Waals surface area contributed by atoms with Crippen molar-refractivity contribution in [2.75, 3.05) is 0 Å². The molecular weight excluding hydrogens is 472 g/mol. The maximum absolute atomic E-state index is 4.14. The van der Waals surface area contributed by atoms with Crippen molar-refractivity contribution < 1.29 is 0 Å². The normalized spacial score (nSPS) is 9.82. The van der Waals surface area contributed by atoms with Gasteiger partial charge in [-0.1, -0.05) is 29.8 Å². The van der Waals surface area contributed by atoms with E-state index in [4.69, 9.17) is 0 Å². The predicted octanol–water partition coefficient (Wildman–Crippen LogP) is 6.43. The van der Waals surface area contributed by atoms with Gasteiger partial charge in [0.25, 0.3) is 0 Å². The van der Waals surface area contributed by atoms with Gasteiger partial charge in [0.15, 0.2) is 0 Å². The van der Waals surface area contributed by atoms with Crippen LogP contribution in [0.1, 0.15) is 5.56 Å². The Labute approximate surface area is 155 Å². The average Bonchev–Trinajstić information content (AvgIpc) is 2.48. The molecule has 0 bridgehead atoms. The molecule has 2 nitrogen and oxygen atoms in total. The summed E-state index contributed by atoms with van der Waals surface area (Å²) in [5.41, 5.74) is 3.62. The van der Waals surface area contributed by atoms with Crippen LogP contribution >= 0.6 is 47.8 Å². The number of rotatable bonds is 1. The van der Waals surface area contributed by atoms with Gasteiger partial charge in [-0.25, -0.2) is 0 Å². The molecule has 22 heavy (non-hydrogen) atoms. The van der Waals surface area contributed by atoms with E-state index < -0.39 is 0 Å². The van der Waals surface area contributed by atoms with E-state index in [1.54, 1.807) is 18.6 Å². The minimum Gasteiger partial charge on any atom is -0.263 e. The van der Waals surface area contributed by atoms with Crippen LogP contribution < -0.4 is 0 Å². The van der Waals surface area contributed by atoms with E-state index in [9.17, 15) is 0 Å². The van der Waals surface area contributed by atoms with Crippen LogP contribution in [0.25, 0.3) is 11.1 Å². The van der Waals surface area contributed by atoms with Gasteiger partial charge in [0.1, 0.15) is 0 Å². The number of aryl methyl sites for hydroxylation is 1. The molecule has 0 aliphatic carbocycles. The van der Waals surface area contributed by atoms with Gasteiger partial charge in [-0.3, -0.25) is 9.97 Å². The highest BCUT2D eigenvalue weighted by Gasteiger charge is 1.98. The van der Waals surface area contributed by atoms with Gasteiger partial charge in [-0.2, -0.15) is 0 Å². The molecule has 0 aliphatic rings. The average molecular weight is 485 g/mol. The lowest BCUT2D eigenvalue weighted by atomic mass is 10.1. The molecule has 3 aromatic rings. The second-order valence-corrected chi connectivity index (χ2v) is 7.33. The van der Waals surface area contributed by atoms with Crippen molar-refractivity contribution in [3.63, 3.8) is 0 Å². The molecule has 2 heterocycles. The maximum atomic E-state index is 4.14.